The van der Waals surface area contributed by atoms with E-state index in [4.69, 9.17) is 0 Å². The minimum Gasteiger partial charge on any atom is -0.351 e. The predicted octanol–water partition coefficient (Wildman–Crippen LogP) is 4.68. The van der Waals surface area contributed by atoms with Crippen molar-refractivity contribution in [3.05, 3.63) is 76.8 Å². The lowest BCUT2D eigenvalue weighted by molar-refractivity contribution is -0.123. The number of hydrogen-bond donors (Lipinski definition) is 1. The Morgan fingerprint density at radius 1 is 1.06 bits per heavy atom. The smallest absolute Gasteiger partial charge is 0.280 e. The van der Waals surface area contributed by atoms with Crippen LogP contribution < -0.4 is 10.2 Å². The molecule has 1 atom stereocenters. The van der Waals surface area contributed by atoms with Gasteiger partial charge in [-0.2, -0.15) is 0 Å². The summed E-state index contributed by atoms with van der Waals surface area (Å²) in [6.07, 6.45) is 5.39. The Labute approximate surface area is 186 Å². The number of aromatic nitrogens is 2. The topological polar surface area (TPSA) is 75.2 Å². The zero-order valence-corrected chi connectivity index (χ0v) is 18.3. The average molecular weight is 435 g/mol. The van der Waals surface area contributed by atoms with E-state index in [0.29, 0.717) is 5.69 Å². The Morgan fingerprint density at radius 2 is 1.84 bits per heavy atom. The maximum absolute atomic E-state index is 13.6. The molecule has 0 saturated heterocycles. The van der Waals surface area contributed by atoms with Crippen molar-refractivity contribution in [3.63, 3.8) is 0 Å². The molecule has 7 heteroatoms. The van der Waals surface area contributed by atoms with E-state index in [1.807, 2.05) is 61.5 Å². The van der Waals surface area contributed by atoms with Crippen LogP contribution in [0.2, 0.25) is 0 Å². The number of carbonyl (C=O) groups is 2. The van der Waals surface area contributed by atoms with Crippen LogP contribution in [0.4, 0.5) is 5.69 Å². The molecule has 6 nitrogen and oxygen atoms in total. The van der Waals surface area contributed by atoms with Gasteiger partial charge in [0.25, 0.3) is 5.91 Å². The molecule has 1 fully saturated rings. The van der Waals surface area contributed by atoms with Gasteiger partial charge in [-0.15, -0.1) is 5.10 Å². The third-order valence-corrected chi connectivity index (χ3v) is 6.16. The van der Waals surface area contributed by atoms with Crippen molar-refractivity contribution in [2.75, 3.05) is 4.90 Å². The van der Waals surface area contributed by atoms with Crippen molar-refractivity contribution in [1.82, 2.24) is 14.9 Å². The van der Waals surface area contributed by atoms with Gasteiger partial charge >= 0.3 is 0 Å². The summed E-state index contributed by atoms with van der Waals surface area (Å²) in [5.74, 6) is -0.511. The average Bonchev–Trinajstić information content (AvgIpc) is 3.33. The van der Waals surface area contributed by atoms with Crippen molar-refractivity contribution in [2.45, 2.75) is 51.1 Å². The van der Waals surface area contributed by atoms with Crippen LogP contribution in [0.1, 0.15) is 59.8 Å². The molecule has 1 aliphatic rings. The molecular weight excluding hydrogens is 408 g/mol. The summed E-state index contributed by atoms with van der Waals surface area (Å²) >= 11 is 1.12. The lowest BCUT2D eigenvalue weighted by Gasteiger charge is -2.33. The largest absolute Gasteiger partial charge is 0.351 e. The van der Waals surface area contributed by atoms with E-state index in [9.17, 15) is 9.59 Å². The standard InChI is InChI=1S/C24H26N4O2S/c1-17-9-8-14-20(15-17)28(24(30)21-16-31-27-26-21)22(18-10-4-2-5-11-18)23(29)25-19-12-6-3-7-13-19/h2,4-5,8-11,14-16,19,22H,3,6-7,12-13H2,1H3,(H,25,29)/t22-/m0/s1. The van der Waals surface area contributed by atoms with E-state index in [-0.39, 0.29) is 23.6 Å². The quantitative estimate of drug-likeness (QED) is 0.611. The van der Waals surface area contributed by atoms with Gasteiger partial charge in [0.05, 0.1) is 0 Å². The second kappa shape index (κ2) is 9.83. The van der Waals surface area contributed by atoms with Gasteiger partial charge in [0.2, 0.25) is 5.91 Å². The number of rotatable bonds is 6. The lowest BCUT2D eigenvalue weighted by Crippen LogP contribution is -2.47. The molecule has 0 unspecified atom stereocenters. The maximum Gasteiger partial charge on any atom is 0.280 e. The first kappa shape index (κ1) is 21.2. The minimum atomic E-state index is -0.806. The van der Waals surface area contributed by atoms with Crippen molar-refractivity contribution in [3.8, 4) is 0 Å². The van der Waals surface area contributed by atoms with E-state index in [2.05, 4.69) is 14.9 Å². The van der Waals surface area contributed by atoms with Crippen molar-refractivity contribution in [1.29, 1.82) is 0 Å². The molecule has 1 saturated carbocycles. The number of anilines is 1. The molecule has 4 rings (SSSR count). The molecule has 0 aliphatic heterocycles. The highest BCUT2D eigenvalue weighted by atomic mass is 32.1. The van der Waals surface area contributed by atoms with Crippen LogP contribution in [0.5, 0.6) is 0 Å². The normalized spacial score (nSPS) is 15.3. The summed E-state index contributed by atoms with van der Waals surface area (Å²) in [6, 6.07) is 16.4. The molecule has 1 aromatic heterocycles. The van der Waals surface area contributed by atoms with E-state index in [1.54, 1.807) is 10.3 Å². The van der Waals surface area contributed by atoms with Gasteiger partial charge in [0, 0.05) is 17.1 Å². The Kier molecular flexibility index (Phi) is 6.72. The molecular formula is C24H26N4O2S. The van der Waals surface area contributed by atoms with Gasteiger partial charge in [0.1, 0.15) is 6.04 Å². The van der Waals surface area contributed by atoms with Crippen LogP contribution in [0.25, 0.3) is 0 Å². The molecule has 0 bridgehead atoms. The fourth-order valence-corrected chi connectivity index (χ4v) is 4.55. The second-order valence-electron chi connectivity index (χ2n) is 7.96. The Balaban J connectivity index is 1.77. The highest BCUT2D eigenvalue weighted by Crippen LogP contribution is 2.31. The van der Waals surface area contributed by atoms with Gasteiger partial charge in [-0.1, -0.05) is 66.2 Å². The molecule has 31 heavy (non-hydrogen) atoms. The van der Waals surface area contributed by atoms with Crippen LogP contribution in [0.3, 0.4) is 0 Å². The van der Waals surface area contributed by atoms with Gasteiger partial charge < -0.3 is 5.32 Å². The zero-order chi connectivity index (χ0) is 21.6. The third-order valence-electron chi connectivity index (χ3n) is 5.65. The van der Waals surface area contributed by atoms with E-state index in [1.165, 1.54) is 6.42 Å². The van der Waals surface area contributed by atoms with Crippen molar-refractivity contribution >= 4 is 29.0 Å². The molecule has 2 amide bonds. The summed E-state index contributed by atoms with van der Waals surface area (Å²) in [7, 11) is 0. The van der Waals surface area contributed by atoms with Crippen molar-refractivity contribution < 1.29 is 9.59 Å². The number of carbonyl (C=O) groups excluding carboxylic acids is 2. The third kappa shape index (κ3) is 4.99. The number of aryl methyl sites for hydroxylation is 1. The SMILES string of the molecule is Cc1cccc(N(C(=O)c2csnn2)[C@H](C(=O)NC2CCCCC2)c2ccccc2)c1. The van der Waals surface area contributed by atoms with Gasteiger partial charge in [-0.05, 0) is 54.6 Å². The van der Waals surface area contributed by atoms with Crippen LogP contribution in [0.15, 0.2) is 60.0 Å². The molecule has 0 radical (unpaired) electrons. The fourth-order valence-electron chi connectivity index (χ4n) is 4.12. The number of hydrogen-bond acceptors (Lipinski definition) is 5. The van der Waals surface area contributed by atoms with Gasteiger partial charge in [-0.3, -0.25) is 14.5 Å². The highest BCUT2D eigenvalue weighted by molar-refractivity contribution is 7.03. The van der Waals surface area contributed by atoms with Crippen LogP contribution in [0, 0.1) is 6.92 Å². The molecule has 1 heterocycles. The molecule has 2 aromatic carbocycles. The van der Waals surface area contributed by atoms with Crippen LogP contribution in [-0.2, 0) is 4.79 Å². The summed E-state index contributed by atoms with van der Waals surface area (Å²) in [4.78, 5) is 28.8. The van der Waals surface area contributed by atoms with E-state index < -0.39 is 6.04 Å². The summed E-state index contributed by atoms with van der Waals surface area (Å²) < 4.78 is 3.85. The maximum atomic E-state index is 13.6. The minimum absolute atomic E-state index is 0.142. The first-order chi connectivity index (χ1) is 15.1. The monoisotopic (exact) mass is 434 g/mol. The summed E-state index contributed by atoms with van der Waals surface area (Å²) in [5.41, 5.74) is 2.66. The number of nitrogens with zero attached hydrogens (tertiary/aromatic N) is 3. The summed E-state index contributed by atoms with van der Waals surface area (Å²) in [5, 5.41) is 8.82. The number of amides is 2. The molecule has 160 valence electrons. The number of nitrogens with one attached hydrogen (secondary N) is 1. The van der Waals surface area contributed by atoms with Crippen molar-refractivity contribution in [2.24, 2.45) is 0 Å². The fraction of sp³-hybridized carbons (Fsp3) is 0.333. The predicted molar refractivity (Wildman–Crippen MR) is 122 cm³/mol. The lowest BCUT2D eigenvalue weighted by atomic mass is 9.94. The Morgan fingerprint density at radius 3 is 2.52 bits per heavy atom. The van der Waals surface area contributed by atoms with E-state index >= 15 is 0 Å². The molecule has 1 aliphatic carbocycles. The Bertz CT molecular complexity index is 1020. The second-order valence-corrected chi connectivity index (χ2v) is 8.57. The first-order valence-corrected chi connectivity index (χ1v) is 11.5. The first-order valence-electron chi connectivity index (χ1n) is 10.7. The molecule has 0 spiro atoms. The summed E-state index contributed by atoms with van der Waals surface area (Å²) in [6.45, 7) is 1.97. The highest BCUT2D eigenvalue weighted by Gasteiger charge is 2.35. The van der Waals surface area contributed by atoms with Gasteiger partial charge in [-0.25, -0.2) is 0 Å². The zero-order valence-electron chi connectivity index (χ0n) is 17.5. The molecule has 1 N–H and O–H groups in total. The van der Waals surface area contributed by atoms with Crippen LogP contribution in [-0.4, -0.2) is 27.4 Å². The molecule has 3 aromatic rings. The van der Waals surface area contributed by atoms with E-state index in [0.717, 1.165) is 48.3 Å². The Hall–Kier alpha value is -3.06. The van der Waals surface area contributed by atoms with Crippen LogP contribution >= 0.6 is 11.5 Å². The number of benzene rings is 2. The van der Waals surface area contributed by atoms with Gasteiger partial charge in [0.15, 0.2) is 5.69 Å².